The molecule has 0 bridgehead atoms. The molecule has 1 aliphatic heterocycles. The number of carbonyl (C=O) groups is 1. The molecular formula is C25H17F3N4OS. The van der Waals surface area contributed by atoms with Gasteiger partial charge in [-0.25, -0.2) is 4.98 Å². The molecule has 0 fully saturated rings. The SMILES string of the molecule is O=C1C(C=NCc2cccc(C(F)(F)F)c2)C(c2ccccc2)=NN1c1nc2ccccc2s1. The smallest absolute Gasteiger partial charge is 0.292 e. The second kappa shape index (κ2) is 8.83. The molecule has 1 aliphatic rings. The number of hydrogen-bond donors (Lipinski definition) is 0. The van der Waals surface area contributed by atoms with Crippen molar-refractivity contribution in [2.45, 2.75) is 12.7 Å². The van der Waals surface area contributed by atoms with Crippen molar-refractivity contribution in [1.29, 1.82) is 0 Å². The average Bonchev–Trinajstić information content (AvgIpc) is 3.40. The van der Waals surface area contributed by atoms with Crippen molar-refractivity contribution < 1.29 is 18.0 Å². The Morgan fingerprint density at radius 1 is 1.00 bits per heavy atom. The van der Waals surface area contributed by atoms with Gasteiger partial charge in [-0.2, -0.15) is 23.3 Å². The van der Waals surface area contributed by atoms with Crippen LogP contribution in [-0.2, 0) is 17.5 Å². The Kier molecular flexibility index (Phi) is 5.70. The van der Waals surface area contributed by atoms with E-state index < -0.39 is 17.7 Å². The molecule has 0 spiro atoms. The first-order valence-corrected chi connectivity index (χ1v) is 11.2. The molecule has 9 heteroatoms. The predicted molar refractivity (Wildman–Crippen MR) is 127 cm³/mol. The minimum absolute atomic E-state index is 0.0108. The van der Waals surface area contributed by atoms with Crippen LogP contribution in [0, 0.1) is 5.92 Å². The number of hydrazone groups is 1. The number of benzene rings is 3. The van der Waals surface area contributed by atoms with Gasteiger partial charge >= 0.3 is 6.18 Å². The molecule has 5 nitrogen and oxygen atoms in total. The molecule has 1 atom stereocenters. The van der Waals surface area contributed by atoms with Crippen molar-refractivity contribution in [3.8, 4) is 0 Å². The highest BCUT2D eigenvalue weighted by Gasteiger charge is 2.38. The zero-order valence-corrected chi connectivity index (χ0v) is 18.4. The summed E-state index contributed by atoms with van der Waals surface area (Å²) in [6.07, 6.45) is -2.96. The first-order valence-electron chi connectivity index (χ1n) is 10.4. The summed E-state index contributed by atoms with van der Waals surface area (Å²) in [5, 5.41) is 6.30. The summed E-state index contributed by atoms with van der Waals surface area (Å²) in [7, 11) is 0. The number of rotatable bonds is 5. The molecular weight excluding hydrogens is 461 g/mol. The van der Waals surface area contributed by atoms with Crippen LogP contribution in [0.2, 0.25) is 0 Å². The highest BCUT2D eigenvalue weighted by Crippen LogP contribution is 2.33. The van der Waals surface area contributed by atoms with Crippen LogP contribution in [0.15, 0.2) is 89.0 Å². The Labute approximate surface area is 196 Å². The molecule has 170 valence electrons. The highest BCUT2D eigenvalue weighted by atomic mass is 32.1. The number of para-hydroxylation sites is 1. The summed E-state index contributed by atoms with van der Waals surface area (Å²) >= 11 is 1.36. The quantitative estimate of drug-likeness (QED) is 0.333. The van der Waals surface area contributed by atoms with Crippen LogP contribution in [0.25, 0.3) is 10.2 Å². The van der Waals surface area contributed by atoms with E-state index in [1.807, 2.05) is 54.6 Å². The molecule has 0 radical (unpaired) electrons. The third-order valence-electron chi connectivity index (χ3n) is 5.29. The van der Waals surface area contributed by atoms with Gasteiger partial charge in [0.2, 0.25) is 5.13 Å². The zero-order valence-electron chi connectivity index (χ0n) is 17.6. The summed E-state index contributed by atoms with van der Waals surface area (Å²) < 4.78 is 39.9. The van der Waals surface area contributed by atoms with E-state index >= 15 is 0 Å². The van der Waals surface area contributed by atoms with Gasteiger partial charge in [-0.05, 0) is 35.4 Å². The lowest BCUT2D eigenvalue weighted by Gasteiger charge is -2.09. The van der Waals surface area contributed by atoms with Crippen molar-refractivity contribution in [3.63, 3.8) is 0 Å². The first kappa shape index (κ1) is 22.0. The van der Waals surface area contributed by atoms with Crippen LogP contribution in [-0.4, -0.2) is 22.8 Å². The van der Waals surface area contributed by atoms with Crippen LogP contribution >= 0.6 is 11.3 Å². The summed E-state index contributed by atoms with van der Waals surface area (Å²) in [5.74, 6) is -1.09. The van der Waals surface area contributed by atoms with Crippen molar-refractivity contribution in [3.05, 3.63) is 95.6 Å². The average molecular weight is 478 g/mol. The predicted octanol–water partition coefficient (Wildman–Crippen LogP) is 5.95. The number of fused-ring (bicyclic) bond motifs is 1. The lowest BCUT2D eigenvalue weighted by Crippen LogP contribution is -2.28. The van der Waals surface area contributed by atoms with Crippen LogP contribution < -0.4 is 5.01 Å². The summed E-state index contributed by atoms with van der Waals surface area (Å²) in [6.45, 7) is 0.0108. The number of halogens is 3. The standard InChI is InChI=1S/C25H17F3N4OS/c26-25(27,28)18-10-6-7-16(13-18)14-29-15-19-22(17-8-2-1-3-9-17)31-32(23(19)33)24-30-20-11-4-5-12-21(20)34-24/h1-13,15,19H,14H2. The molecule has 0 aliphatic carbocycles. The Morgan fingerprint density at radius 2 is 1.76 bits per heavy atom. The van der Waals surface area contributed by atoms with Gasteiger partial charge < -0.3 is 0 Å². The highest BCUT2D eigenvalue weighted by molar-refractivity contribution is 7.22. The van der Waals surface area contributed by atoms with Gasteiger partial charge in [-0.3, -0.25) is 9.79 Å². The fraction of sp³-hybridized carbons (Fsp3) is 0.120. The molecule has 1 unspecified atom stereocenters. The monoisotopic (exact) mass is 478 g/mol. The second-order valence-electron chi connectivity index (χ2n) is 7.63. The van der Waals surface area contributed by atoms with E-state index in [-0.39, 0.29) is 12.5 Å². The summed E-state index contributed by atoms with van der Waals surface area (Å²) in [6, 6.07) is 21.8. The fourth-order valence-electron chi connectivity index (χ4n) is 3.65. The second-order valence-corrected chi connectivity index (χ2v) is 8.64. The lowest BCUT2D eigenvalue weighted by molar-refractivity contribution is -0.137. The Balaban J connectivity index is 1.44. The van der Waals surface area contributed by atoms with Crippen molar-refractivity contribution >= 4 is 44.5 Å². The van der Waals surface area contributed by atoms with E-state index in [0.717, 1.165) is 27.9 Å². The maximum atomic E-state index is 13.3. The molecule has 34 heavy (non-hydrogen) atoms. The van der Waals surface area contributed by atoms with Gasteiger partial charge in [0.1, 0.15) is 5.92 Å². The van der Waals surface area contributed by atoms with Gasteiger partial charge in [0.25, 0.3) is 5.91 Å². The molecule has 0 N–H and O–H groups in total. The molecule has 1 amide bonds. The molecule has 0 saturated heterocycles. The minimum atomic E-state index is -4.42. The minimum Gasteiger partial charge on any atom is -0.292 e. The van der Waals surface area contributed by atoms with Crippen LogP contribution in [0.3, 0.4) is 0 Å². The Bertz CT molecular complexity index is 1380. The van der Waals surface area contributed by atoms with E-state index in [0.29, 0.717) is 16.4 Å². The first-order chi connectivity index (χ1) is 16.4. The lowest BCUT2D eigenvalue weighted by atomic mass is 9.98. The Hall–Kier alpha value is -3.85. The number of hydrogen-bond acceptors (Lipinski definition) is 5. The van der Waals surface area contributed by atoms with E-state index in [4.69, 9.17) is 0 Å². The fourth-order valence-corrected chi connectivity index (χ4v) is 4.57. The number of alkyl halides is 3. The Morgan fingerprint density at radius 3 is 2.53 bits per heavy atom. The van der Waals surface area contributed by atoms with E-state index in [2.05, 4.69) is 15.1 Å². The molecule has 5 rings (SSSR count). The zero-order chi connectivity index (χ0) is 23.7. The van der Waals surface area contributed by atoms with E-state index in [1.54, 1.807) is 6.07 Å². The molecule has 2 heterocycles. The normalized spacial score (nSPS) is 16.6. The number of aromatic nitrogens is 1. The molecule has 3 aromatic carbocycles. The summed E-state index contributed by atoms with van der Waals surface area (Å²) in [4.78, 5) is 22.2. The number of carbonyl (C=O) groups excluding carboxylic acids is 1. The van der Waals surface area contributed by atoms with Crippen LogP contribution in [0.4, 0.5) is 18.3 Å². The van der Waals surface area contributed by atoms with Gasteiger partial charge in [0, 0.05) is 6.21 Å². The van der Waals surface area contributed by atoms with Crippen LogP contribution in [0.5, 0.6) is 0 Å². The van der Waals surface area contributed by atoms with Gasteiger partial charge in [-0.1, -0.05) is 65.9 Å². The van der Waals surface area contributed by atoms with Crippen LogP contribution in [0.1, 0.15) is 16.7 Å². The third-order valence-corrected chi connectivity index (χ3v) is 6.31. The van der Waals surface area contributed by atoms with E-state index in [1.165, 1.54) is 28.6 Å². The molecule has 4 aromatic rings. The third kappa shape index (κ3) is 4.34. The topological polar surface area (TPSA) is 57.9 Å². The largest absolute Gasteiger partial charge is 0.416 e. The number of aliphatic imine (C=N–C) groups is 1. The van der Waals surface area contributed by atoms with Gasteiger partial charge in [0.15, 0.2) is 0 Å². The van der Waals surface area contributed by atoms with Crippen molar-refractivity contribution in [2.24, 2.45) is 16.0 Å². The van der Waals surface area contributed by atoms with Gasteiger partial charge in [-0.15, -0.1) is 0 Å². The molecule has 0 saturated carbocycles. The molecule has 1 aromatic heterocycles. The number of thiazole rings is 1. The van der Waals surface area contributed by atoms with Crippen molar-refractivity contribution in [2.75, 3.05) is 5.01 Å². The maximum absolute atomic E-state index is 13.3. The van der Waals surface area contributed by atoms with Gasteiger partial charge in [0.05, 0.1) is 28.0 Å². The maximum Gasteiger partial charge on any atom is 0.416 e. The number of nitrogens with zero attached hydrogens (tertiary/aromatic N) is 4. The van der Waals surface area contributed by atoms with Crippen molar-refractivity contribution in [1.82, 2.24) is 4.98 Å². The number of amides is 1. The summed E-state index contributed by atoms with van der Waals surface area (Å²) in [5.41, 5.74) is 1.71. The number of anilines is 1. The van der Waals surface area contributed by atoms with E-state index in [9.17, 15) is 18.0 Å².